The number of urea groups is 1. The SMILES string of the molecule is CC(C)[C@H](NC(=O)CCCC(=O)O)C(=O)C[C@@H](CCCNC(N)=O)C(=O)O. The minimum atomic E-state index is -1.13. The van der Waals surface area contributed by atoms with Crippen LogP contribution in [-0.2, 0) is 19.2 Å². The molecular weight excluding hydrogens is 358 g/mol. The molecule has 0 aromatic carbocycles. The van der Waals surface area contributed by atoms with Crippen LogP contribution in [0, 0.1) is 11.8 Å². The van der Waals surface area contributed by atoms with E-state index in [1.165, 1.54) is 0 Å². The highest BCUT2D eigenvalue weighted by Crippen LogP contribution is 2.16. The van der Waals surface area contributed by atoms with Crippen LogP contribution in [0.5, 0.6) is 0 Å². The Morgan fingerprint density at radius 1 is 1.00 bits per heavy atom. The van der Waals surface area contributed by atoms with Crippen molar-refractivity contribution in [2.75, 3.05) is 6.54 Å². The second-order valence-corrected chi connectivity index (χ2v) is 6.68. The van der Waals surface area contributed by atoms with Gasteiger partial charge in [-0.05, 0) is 25.2 Å². The number of carboxylic acids is 2. The maximum Gasteiger partial charge on any atom is 0.312 e. The number of carbonyl (C=O) groups is 5. The lowest BCUT2D eigenvalue weighted by Crippen LogP contribution is -2.45. The third kappa shape index (κ3) is 11.6. The number of primary amides is 1. The molecule has 0 bridgehead atoms. The number of rotatable bonds is 14. The molecule has 0 spiro atoms. The van der Waals surface area contributed by atoms with Crippen molar-refractivity contribution in [1.82, 2.24) is 10.6 Å². The summed E-state index contributed by atoms with van der Waals surface area (Å²) >= 11 is 0. The molecular formula is C17H29N3O7. The van der Waals surface area contributed by atoms with Gasteiger partial charge in [0.1, 0.15) is 0 Å². The van der Waals surface area contributed by atoms with Gasteiger partial charge in [-0.15, -0.1) is 0 Å². The quantitative estimate of drug-likeness (QED) is 0.269. The van der Waals surface area contributed by atoms with E-state index in [9.17, 15) is 29.1 Å². The monoisotopic (exact) mass is 387 g/mol. The summed E-state index contributed by atoms with van der Waals surface area (Å²) in [7, 11) is 0. The van der Waals surface area contributed by atoms with Gasteiger partial charge in [0.25, 0.3) is 0 Å². The molecule has 2 atom stereocenters. The summed E-state index contributed by atoms with van der Waals surface area (Å²) in [4.78, 5) is 56.9. The van der Waals surface area contributed by atoms with E-state index < -0.39 is 41.6 Å². The molecule has 10 heteroatoms. The topological polar surface area (TPSA) is 176 Å². The molecule has 154 valence electrons. The van der Waals surface area contributed by atoms with Gasteiger partial charge in [-0.25, -0.2) is 4.79 Å². The zero-order valence-electron chi connectivity index (χ0n) is 15.7. The first-order chi connectivity index (χ1) is 12.5. The van der Waals surface area contributed by atoms with Crippen LogP contribution in [0.3, 0.4) is 0 Å². The van der Waals surface area contributed by atoms with E-state index in [2.05, 4.69) is 10.6 Å². The molecule has 0 aliphatic carbocycles. The Morgan fingerprint density at radius 3 is 2.11 bits per heavy atom. The molecule has 6 N–H and O–H groups in total. The lowest BCUT2D eigenvalue weighted by Gasteiger charge is -2.23. The summed E-state index contributed by atoms with van der Waals surface area (Å²) in [5.41, 5.74) is 4.93. The van der Waals surface area contributed by atoms with E-state index in [1.54, 1.807) is 13.8 Å². The third-order valence-electron chi connectivity index (χ3n) is 3.95. The average Bonchev–Trinajstić information content (AvgIpc) is 2.54. The van der Waals surface area contributed by atoms with Gasteiger partial charge in [0.05, 0.1) is 12.0 Å². The van der Waals surface area contributed by atoms with Crippen molar-refractivity contribution in [3.05, 3.63) is 0 Å². The van der Waals surface area contributed by atoms with Crippen molar-refractivity contribution in [3.8, 4) is 0 Å². The second kappa shape index (κ2) is 12.7. The van der Waals surface area contributed by atoms with E-state index in [0.717, 1.165) is 0 Å². The lowest BCUT2D eigenvalue weighted by molar-refractivity contribution is -0.144. The fraction of sp³-hybridized carbons (Fsp3) is 0.706. The largest absolute Gasteiger partial charge is 0.481 e. The van der Waals surface area contributed by atoms with Crippen molar-refractivity contribution >= 4 is 29.7 Å². The number of hydrogen-bond acceptors (Lipinski definition) is 5. The highest BCUT2D eigenvalue weighted by atomic mass is 16.4. The summed E-state index contributed by atoms with van der Waals surface area (Å²) in [6.45, 7) is 3.67. The lowest BCUT2D eigenvalue weighted by atomic mass is 9.90. The minimum absolute atomic E-state index is 0.0239. The van der Waals surface area contributed by atoms with Crippen molar-refractivity contribution in [2.45, 2.75) is 58.4 Å². The normalized spacial score (nSPS) is 12.9. The summed E-state index contributed by atoms with van der Waals surface area (Å²) in [6.07, 6.45) is 0.271. The van der Waals surface area contributed by atoms with Crippen LogP contribution in [0.1, 0.15) is 52.4 Å². The van der Waals surface area contributed by atoms with Gasteiger partial charge in [-0.2, -0.15) is 0 Å². The predicted molar refractivity (Wildman–Crippen MR) is 95.8 cm³/mol. The van der Waals surface area contributed by atoms with E-state index in [0.29, 0.717) is 6.42 Å². The zero-order valence-corrected chi connectivity index (χ0v) is 15.7. The number of Topliss-reactive ketones (excluding diaryl/α,β-unsaturated/α-hetero) is 1. The molecule has 10 nitrogen and oxygen atoms in total. The van der Waals surface area contributed by atoms with E-state index in [1.807, 2.05) is 0 Å². The number of nitrogens with one attached hydrogen (secondary N) is 2. The maximum absolute atomic E-state index is 12.5. The van der Waals surface area contributed by atoms with Gasteiger partial charge in [0.15, 0.2) is 5.78 Å². The Kier molecular flexibility index (Phi) is 11.4. The smallest absolute Gasteiger partial charge is 0.312 e. The van der Waals surface area contributed by atoms with Gasteiger partial charge < -0.3 is 26.6 Å². The fourth-order valence-electron chi connectivity index (χ4n) is 2.51. The number of carbonyl (C=O) groups excluding carboxylic acids is 3. The average molecular weight is 387 g/mol. The Bertz CT molecular complexity index is 549. The van der Waals surface area contributed by atoms with Crippen LogP contribution in [0.25, 0.3) is 0 Å². The highest BCUT2D eigenvalue weighted by Gasteiger charge is 2.29. The Labute approximate surface area is 157 Å². The van der Waals surface area contributed by atoms with Crippen LogP contribution >= 0.6 is 0 Å². The fourth-order valence-corrected chi connectivity index (χ4v) is 2.51. The first kappa shape index (κ1) is 24.4. The highest BCUT2D eigenvalue weighted by molar-refractivity contribution is 5.91. The molecule has 0 saturated heterocycles. The molecule has 0 aromatic heterocycles. The maximum atomic E-state index is 12.5. The van der Waals surface area contributed by atoms with Gasteiger partial charge in [0.2, 0.25) is 5.91 Å². The summed E-state index contributed by atoms with van der Waals surface area (Å²) < 4.78 is 0. The molecule has 0 aliphatic rings. The van der Waals surface area contributed by atoms with Crippen LogP contribution < -0.4 is 16.4 Å². The van der Waals surface area contributed by atoms with Gasteiger partial charge in [-0.3, -0.25) is 19.2 Å². The minimum Gasteiger partial charge on any atom is -0.481 e. The molecule has 0 aliphatic heterocycles. The number of ketones is 1. The molecule has 0 aromatic rings. The van der Waals surface area contributed by atoms with Gasteiger partial charge in [-0.1, -0.05) is 13.8 Å². The number of nitrogens with two attached hydrogens (primary N) is 1. The van der Waals surface area contributed by atoms with Crippen molar-refractivity contribution < 1.29 is 34.2 Å². The molecule has 0 saturated carbocycles. The number of hydrogen-bond donors (Lipinski definition) is 5. The summed E-state index contributed by atoms with van der Waals surface area (Å²) in [6, 6.07) is -1.55. The van der Waals surface area contributed by atoms with E-state index >= 15 is 0 Å². The number of amides is 3. The number of aliphatic carboxylic acids is 2. The van der Waals surface area contributed by atoms with E-state index in [4.69, 9.17) is 10.8 Å². The van der Waals surface area contributed by atoms with Crippen molar-refractivity contribution in [2.24, 2.45) is 17.6 Å². The zero-order chi connectivity index (χ0) is 21.0. The van der Waals surface area contributed by atoms with Crippen LogP contribution in [0.2, 0.25) is 0 Å². The Morgan fingerprint density at radius 2 is 1.63 bits per heavy atom. The Hall–Kier alpha value is -2.65. The van der Waals surface area contributed by atoms with Crippen molar-refractivity contribution in [1.29, 1.82) is 0 Å². The summed E-state index contributed by atoms with van der Waals surface area (Å²) in [5.74, 6) is -4.15. The standard InChI is InChI=1S/C17H29N3O7/c1-10(2)15(20-13(22)6-3-7-14(23)24)12(21)9-11(16(25)26)5-4-8-19-17(18)27/h10-11,15H,3-9H2,1-2H3,(H,20,22)(H,23,24)(H,25,26)(H3,18,19,27)/t11-,15+/m1/s1. The second-order valence-electron chi connectivity index (χ2n) is 6.68. The first-order valence-corrected chi connectivity index (χ1v) is 8.84. The van der Waals surface area contributed by atoms with Gasteiger partial charge in [0, 0.05) is 25.8 Å². The number of carboxylic acid groups (broad SMARTS) is 2. The molecule has 0 radical (unpaired) electrons. The molecule has 0 rings (SSSR count). The van der Waals surface area contributed by atoms with Crippen molar-refractivity contribution in [3.63, 3.8) is 0 Å². The Balaban J connectivity index is 4.67. The van der Waals surface area contributed by atoms with E-state index in [-0.39, 0.29) is 44.6 Å². The first-order valence-electron chi connectivity index (χ1n) is 8.84. The molecule has 0 heterocycles. The van der Waals surface area contributed by atoms with Crippen LogP contribution in [-0.4, -0.2) is 52.5 Å². The third-order valence-corrected chi connectivity index (χ3v) is 3.95. The molecule has 3 amide bonds. The molecule has 27 heavy (non-hydrogen) atoms. The van der Waals surface area contributed by atoms with Gasteiger partial charge >= 0.3 is 18.0 Å². The predicted octanol–water partition coefficient (Wildman–Crippen LogP) is 0.491. The van der Waals surface area contributed by atoms with Crippen LogP contribution in [0.15, 0.2) is 0 Å². The summed E-state index contributed by atoms with van der Waals surface area (Å²) in [5, 5.41) is 22.8. The molecule has 0 fully saturated rings. The molecule has 0 unspecified atom stereocenters. The van der Waals surface area contributed by atoms with Crippen LogP contribution in [0.4, 0.5) is 4.79 Å².